The zero-order chi connectivity index (χ0) is 6.78. The average molecular weight is 119 g/mol. The fourth-order valence-corrected chi connectivity index (χ4v) is 0.141. The van der Waals surface area contributed by atoms with Crippen LogP contribution in [0.3, 0.4) is 0 Å². The highest BCUT2D eigenvalue weighted by atomic mass is 16.8. The van der Waals surface area contributed by atoms with Crippen molar-refractivity contribution in [2.75, 3.05) is 0 Å². The summed E-state index contributed by atoms with van der Waals surface area (Å²) in [4.78, 5) is 0. The van der Waals surface area contributed by atoms with Gasteiger partial charge in [0, 0.05) is 0 Å². The molecule has 0 aliphatic heterocycles. The van der Waals surface area contributed by atoms with Crippen LogP contribution >= 0.6 is 0 Å². The molecular formula is C5H13NO2. The zero-order valence-corrected chi connectivity index (χ0v) is 5.55. The third-order valence-electron chi connectivity index (χ3n) is 1.41. The highest BCUT2D eigenvalue weighted by Gasteiger charge is 2.20. The molecule has 0 rings (SSSR count). The average Bonchev–Trinajstić information content (AvgIpc) is 1.67. The topological polar surface area (TPSA) is 43.7 Å². The Balaban J connectivity index is 3.71. The predicted molar refractivity (Wildman–Crippen MR) is 29.8 cm³/mol. The number of rotatable bonds is 2. The van der Waals surface area contributed by atoms with Crippen LogP contribution in [0, 0.1) is 0 Å². The lowest BCUT2D eigenvalue weighted by Gasteiger charge is -2.25. The summed E-state index contributed by atoms with van der Waals surface area (Å²) in [5, 5.41) is 17.2. The summed E-state index contributed by atoms with van der Waals surface area (Å²) in [6.45, 7) is 5.37. The Morgan fingerprint density at radius 2 is 1.75 bits per heavy atom. The number of hydroxylamine groups is 2. The summed E-state index contributed by atoms with van der Waals surface area (Å²) in [6.07, 6.45) is 0.708. The maximum absolute atomic E-state index is 8.47. The summed E-state index contributed by atoms with van der Waals surface area (Å²) in [7, 11) is 0. The van der Waals surface area contributed by atoms with Gasteiger partial charge in [0.1, 0.15) is 0 Å². The van der Waals surface area contributed by atoms with E-state index in [0.29, 0.717) is 6.42 Å². The van der Waals surface area contributed by atoms with Crippen LogP contribution in [0.15, 0.2) is 0 Å². The first-order valence-corrected chi connectivity index (χ1v) is 2.68. The molecule has 0 aromatic rings. The van der Waals surface area contributed by atoms with Gasteiger partial charge in [0.05, 0.1) is 5.54 Å². The van der Waals surface area contributed by atoms with Gasteiger partial charge in [0.2, 0.25) is 0 Å². The summed E-state index contributed by atoms with van der Waals surface area (Å²) in [5.74, 6) is 0. The van der Waals surface area contributed by atoms with E-state index in [0.717, 1.165) is 0 Å². The summed E-state index contributed by atoms with van der Waals surface area (Å²) in [5.41, 5.74) is -0.514. The van der Waals surface area contributed by atoms with E-state index in [1.54, 1.807) is 13.8 Å². The van der Waals surface area contributed by atoms with Gasteiger partial charge in [0.15, 0.2) is 0 Å². The van der Waals surface area contributed by atoms with Crippen molar-refractivity contribution in [3.8, 4) is 0 Å². The lowest BCUT2D eigenvalue weighted by Crippen LogP contribution is -2.38. The smallest absolute Gasteiger partial charge is 0.0674 e. The standard InChI is InChI=1S/C5H13NO2/c1-4-5(2,3)6(7)8/h7-8H,4H2,1-3H3. The monoisotopic (exact) mass is 119 g/mol. The molecule has 0 aliphatic carbocycles. The van der Waals surface area contributed by atoms with E-state index in [2.05, 4.69) is 0 Å². The van der Waals surface area contributed by atoms with Crippen molar-refractivity contribution in [1.29, 1.82) is 0 Å². The Morgan fingerprint density at radius 1 is 1.38 bits per heavy atom. The van der Waals surface area contributed by atoms with Crippen molar-refractivity contribution in [1.82, 2.24) is 5.23 Å². The van der Waals surface area contributed by atoms with Crippen molar-refractivity contribution in [2.24, 2.45) is 0 Å². The van der Waals surface area contributed by atoms with Crippen LogP contribution in [0.25, 0.3) is 0 Å². The van der Waals surface area contributed by atoms with E-state index in [1.807, 2.05) is 6.92 Å². The molecule has 0 fully saturated rings. The summed E-state index contributed by atoms with van der Waals surface area (Å²) >= 11 is 0. The maximum atomic E-state index is 8.47. The van der Waals surface area contributed by atoms with Gasteiger partial charge < -0.3 is 0 Å². The Labute approximate surface area is 49.5 Å². The number of hydrogen-bond acceptors (Lipinski definition) is 3. The van der Waals surface area contributed by atoms with Crippen LogP contribution in [0.2, 0.25) is 0 Å². The fraction of sp³-hybridized carbons (Fsp3) is 1.00. The Morgan fingerprint density at radius 3 is 1.75 bits per heavy atom. The Hall–Kier alpha value is -0.120. The van der Waals surface area contributed by atoms with Crippen LogP contribution in [-0.4, -0.2) is 21.2 Å². The Bertz CT molecular complexity index is 70.8. The van der Waals surface area contributed by atoms with Crippen molar-refractivity contribution >= 4 is 0 Å². The van der Waals surface area contributed by atoms with Gasteiger partial charge in [-0.3, -0.25) is 10.4 Å². The van der Waals surface area contributed by atoms with Crippen LogP contribution < -0.4 is 0 Å². The summed E-state index contributed by atoms with van der Waals surface area (Å²) < 4.78 is 0. The van der Waals surface area contributed by atoms with Crippen molar-refractivity contribution in [3.63, 3.8) is 0 Å². The highest BCUT2D eigenvalue weighted by molar-refractivity contribution is 4.67. The molecule has 3 heteroatoms. The molecule has 0 amide bonds. The highest BCUT2D eigenvalue weighted by Crippen LogP contribution is 2.12. The molecule has 0 aromatic heterocycles. The quantitative estimate of drug-likeness (QED) is 0.538. The first kappa shape index (κ1) is 7.88. The van der Waals surface area contributed by atoms with E-state index >= 15 is 0 Å². The molecule has 0 unspecified atom stereocenters. The maximum Gasteiger partial charge on any atom is 0.0674 e. The van der Waals surface area contributed by atoms with Crippen molar-refractivity contribution in [2.45, 2.75) is 32.7 Å². The zero-order valence-electron chi connectivity index (χ0n) is 5.55. The molecule has 50 valence electrons. The van der Waals surface area contributed by atoms with E-state index < -0.39 is 5.54 Å². The van der Waals surface area contributed by atoms with Crippen LogP contribution in [0.5, 0.6) is 0 Å². The molecule has 0 saturated heterocycles. The van der Waals surface area contributed by atoms with E-state index in [4.69, 9.17) is 10.4 Å². The molecule has 0 saturated carbocycles. The molecule has 0 aliphatic rings. The molecule has 0 heterocycles. The second-order valence-electron chi connectivity index (χ2n) is 2.46. The number of hydrogen-bond donors (Lipinski definition) is 2. The first-order valence-electron chi connectivity index (χ1n) is 2.68. The van der Waals surface area contributed by atoms with Crippen molar-refractivity contribution in [3.05, 3.63) is 0 Å². The second kappa shape index (κ2) is 2.44. The largest absolute Gasteiger partial charge is 0.289 e. The Kier molecular flexibility index (Phi) is 2.40. The van der Waals surface area contributed by atoms with Crippen LogP contribution in [0.4, 0.5) is 0 Å². The van der Waals surface area contributed by atoms with E-state index in [9.17, 15) is 0 Å². The second-order valence-corrected chi connectivity index (χ2v) is 2.46. The van der Waals surface area contributed by atoms with Gasteiger partial charge >= 0.3 is 0 Å². The molecule has 0 spiro atoms. The normalized spacial score (nSPS) is 12.8. The molecule has 0 bridgehead atoms. The molecule has 8 heavy (non-hydrogen) atoms. The summed E-state index contributed by atoms with van der Waals surface area (Å²) in [6, 6.07) is 0. The predicted octanol–water partition coefficient (Wildman–Crippen LogP) is 1.26. The van der Waals surface area contributed by atoms with E-state index in [1.165, 1.54) is 0 Å². The van der Waals surface area contributed by atoms with Crippen molar-refractivity contribution < 1.29 is 10.4 Å². The van der Waals surface area contributed by atoms with Gasteiger partial charge in [-0.1, -0.05) is 12.2 Å². The van der Waals surface area contributed by atoms with Gasteiger partial charge in [-0.15, -0.1) is 0 Å². The van der Waals surface area contributed by atoms with E-state index in [-0.39, 0.29) is 5.23 Å². The first-order chi connectivity index (χ1) is 3.50. The lowest BCUT2D eigenvalue weighted by molar-refractivity contribution is -0.356. The van der Waals surface area contributed by atoms with Gasteiger partial charge in [-0.05, 0) is 20.3 Å². The minimum absolute atomic E-state index is 0.243. The lowest BCUT2D eigenvalue weighted by atomic mass is 10.0. The van der Waals surface area contributed by atoms with Gasteiger partial charge in [-0.25, -0.2) is 0 Å². The SMILES string of the molecule is CCC(C)(C)N(O)O. The minimum atomic E-state index is -0.514. The van der Waals surface area contributed by atoms with Gasteiger partial charge in [0.25, 0.3) is 0 Å². The minimum Gasteiger partial charge on any atom is -0.289 e. The molecule has 2 N–H and O–H groups in total. The molecular weight excluding hydrogens is 106 g/mol. The molecule has 0 aromatic carbocycles. The molecule has 0 radical (unpaired) electrons. The number of nitrogens with zero attached hydrogens (tertiary/aromatic N) is 1. The molecule has 0 atom stereocenters. The van der Waals surface area contributed by atoms with Gasteiger partial charge in [-0.2, -0.15) is 0 Å². The van der Waals surface area contributed by atoms with Crippen LogP contribution in [0.1, 0.15) is 27.2 Å². The fourth-order valence-electron chi connectivity index (χ4n) is 0.141. The van der Waals surface area contributed by atoms with Crippen LogP contribution in [-0.2, 0) is 0 Å². The third kappa shape index (κ3) is 1.78. The third-order valence-corrected chi connectivity index (χ3v) is 1.41. The molecule has 3 nitrogen and oxygen atoms in total.